The van der Waals surface area contributed by atoms with Crippen LogP contribution >= 0.6 is 0 Å². The lowest BCUT2D eigenvalue weighted by molar-refractivity contribution is 0.602. The zero-order valence-corrected chi connectivity index (χ0v) is 11.7. The van der Waals surface area contributed by atoms with Crippen LogP contribution in [-0.4, -0.2) is 35.9 Å². The lowest BCUT2D eigenvalue weighted by atomic mass is 10.2. The first-order valence-electron chi connectivity index (χ1n) is 6.47. The Bertz CT molecular complexity index is 684. The Balaban J connectivity index is 1.71. The molecule has 1 aromatic heterocycles. The number of nitrogens with one attached hydrogen (secondary N) is 1. The molecule has 5 nitrogen and oxygen atoms in total. The van der Waals surface area contributed by atoms with Gasteiger partial charge < -0.3 is 5.32 Å². The van der Waals surface area contributed by atoms with Crippen molar-refractivity contribution in [2.75, 3.05) is 16.8 Å². The second-order valence-corrected chi connectivity index (χ2v) is 7.13. The second-order valence-electron chi connectivity index (χ2n) is 4.91. The number of hydrogen-bond acceptors (Lipinski definition) is 5. The zero-order chi connectivity index (χ0) is 14.0. The molecule has 1 N–H and O–H groups in total. The van der Waals surface area contributed by atoms with Gasteiger partial charge in [-0.15, -0.1) is 0 Å². The van der Waals surface area contributed by atoms with Crippen LogP contribution in [0.4, 0.5) is 5.69 Å². The summed E-state index contributed by atoms with van der Waals surface area (Å²) in [7, 11) is -2.87. The number of sulfone groups is 1. The Morgan fingerprint density at radius 2 is 1.80 bits per heavy atom. The highest BCUT2D eigenvalue weighted by atomic mass is 32.2. The van der Waals surface area contributed by atoms with Crippen molar-refractivity contribution in [3.63, 3.8) is 0 Å². The molecule has 0 aliphatic carbocycles. The van der Waals surface area contributed by atoms with Crippen LogP contribution in [0, 0.1) is 0 Å². The highest BCUT2D eigenvalue weighted by Gasteiger charge is 2.27. The first-order valence-corrected chi connectivity index (χ1v) is 8.29. The van der Waals surface area contributed by atoms with Gasteiger partial charge in [-0.2, -0.15) is 0 Å². The third kappa shape index (κ3) is 2.96. The molecule has 1 aromatic carbocycles. The summed E-state index contributed by atoms with van der Waals surface area (Å²) in [4.78, 5) is 8.61. The molecule has 1 saturated heterocycles. The standard InChI is InChI=1S/C14H15N3O2S/c18-20(19)7-6-12(10-20)17-13-8-15-14(16-9-13)11-4-2-1-3-5-11/h1-5,8-9,12,17H,6-7,10H2. The largest absolute Gasteiger partial charge is 0.379 e. The summed E-state index contributed by atoms with van der Waals surface area (Å²) in [6.07, 6.45) is 4.03. The molecule has 1 aliphatic heterocycles. The van der Waals surface area contributed by atoms with E-state index in [9.17, 15) is 8.42 Å². The van der Waals surface area contributed by atoms with Crippen LogP contribution < -0.4 is 5.32 Å². The molecule has 20 heavy (non-hydrogen) atoms. The normalized spacial score (nSPS) is 20.7. The molecule has 0 bridgehead atoms. The van der Waals surface area contributed by atoms with E-state index >= 15 is 0 Å². The molecule has 1 aliphatic rings. The maximum absolute atomic E-state index is 11.4. The van der Waals surface area contributed by atoms with Crippen molar-refractivity contribution in [2.45, 2.75) is 12.5 Å². The van der Waals surface area contributed by atoms with E-state index in [1.54, 1.807) is 12.4 Å². The van der Waals surface area contributed by atoms with E-state index in [0.717, 1.165) is 11.3 Å². The van der Waals surface area contributed by atoms with E-state index in [0.29, 0.717) is 12.2 Å². The van der Waals surface area contributed by atoms with Gasteiger partial charge in [-0.3, -0.25) is 0 Å². The quantitative estimate of drug-likeness (QED) is 0.932. The number of anilines is 1. The molecule has 0 radical (unpaired) electrons. The van der Waals surface area contributed by atoms with Gasteiger partial charge in [0.15, 0.2) is 15.7 Å². The summed E-state index contributed by atoms with van der Waals surface area (Å²) < 4.78 is 22.8. The van der Waals surface area contributed by atoms with E-state index in [2.05, 4.69) is 15.3 Å². The van der Waals surface area contributed by atoms with Gasteiger partial charge in [0.25, 0.3) is 0 Å². The Hall–Kier alpha value is -1.95. The fourth-order valence-corrected chi connectivity index (χ4v) is 3.96. The van der Waals surface area contributed by atoms with Crippen molar-refractivity contribution in [1.29, 1.82) is 0 Å². The number of nitrogens with zero attached hydrogens (tertiary/aromatic N) is 2. The summed E-state index contributed by atoms with van der Waals surface area (Å²) in [6, 6.07) is 9.69. The van der Waals surface area contributed by atoms with Crippen molar-refractivity contribution in [2.24, 2.45) is 0 Å². The maximum atomic E-state index is 11.4. The Morgan fingerprint density at radius 1 is 1.10 bits per heavy atom. The van der Waals surface area contributed by atoms with Crippen molar-refractivity contribution in [1.82, 2.24) is 9.97 Å². The maximum Gasteiger partial charge on any atom is 0.159 e. The van der Waals surface area contributed by atoms with E-state index in [4.69, 9.17) is 0 Å². The van der Waals surface area contributed by atoms with Crippen LogP contribution in [0.25, 0.3) is 11.4 Å². The number of hydrogen-bond donors (Lipinski definition) is 1. The molecule has 1 atom stereocenters. The van der Waals surface area contributed by atoms with E-state index in [1.807, 2.05) is 30.3 Å². The highest BCUT2D eigenvalue weighted by Crippen LogP contribution is 2.18. The second kappa shape index (κ2) is 5.20. The fourth-order valence-electron chi connectivity index (χ4n) is 2.28. The predicted octanol–water partition coefficient (Wildman–Crippen LogP) is 1.74. The molecule has 2 heterocycles. The smallest absolute Gasteiger partial charge is 0.159 e. The predicted molar refractivity (Wildman–Crippen MR) is 78.1 cm³/mol. The van der Waals surface area contributed by atoms with Gasteiger partial charge >= 0.3 is 0 Å². The van der Waals surface area contributed by atoms with Crippen LogP contribution in [0.3, 0.4) is 0 Å². The molecule has 104 valence electrons. The molecule has 6 heteroatoms. The molecule has 1 fully saturated rings. The lowest BCUT2D eigenvalue weighted by Gasteiger charge is -2.11. The summed E-state index contributed by atoms with van der Waals surface area (Å²) in [5, 5.41) is 3.17. The minimum atomic E-state index is -2.87. The fraction of sp³-hybridized carbons (Fsp3) is 0.286. The van der Waals surface area contributed by atoms with Crippen LogP contribution in [0.5, 0.6) is 0 Å². The minimum Gasteiger partial charge on any atom is -0.379 e. The monoisotopic (exact) mass is 289 g/mol. The van der Waals surface area contributed by atoms with Gasteiger partial charge in [0.2, 0.25) is 0 Å². The summed E-state index contributed by atoms with van der Waals surface area (Å²) >= 11 is 0. The average Bonchev–Trinajstić information content (AvgIpc) is 2.80. The first-order chi connectivity index (χ1) is 9.62. The molecular formula is C14H15N3O2S. The molecule has 0 amide bonds. The third-order valence-electron chi connectivity index (χ3n) is 3.29. The van der Waals surface area contributed by atoms with Gasteiger partial charge in [-0.25, -0.2) is 18.4 Å². The topological polar surface area (TPSA) is 72.0 Å². The Kier molecular flexibility index (Phi) is 3.40. The van der Waals surface area contributed by atoms with E-state index in [1.165, 1.54) is 0 Å². The number of aromatic nitrogens is 2. The lowest BCUT2D eigenvalue weighted by Crippen LogP contribution is -2.20. The molecular weight excluding hydrogens is 274 g/mol. The van der Waals surface area contributed by atoms with Gasteiger partial charge in [0.05, 0.1) is 29.6 Å². The SMILES string of the molecule is O=S1(=O)CCC(Nc2cnc(-c3ccccc3)nc2)C1. The van der Waals surface area contributed by atoms with E-state index < -0.39 is 9.84 Å². The van der Waals surface area contributed by atoms with Gasteiger partial charge in [0, 0.05) is 11.6 Å². The Morgan fingerprint density at radius 3 is 2.40 bits per heavy atom. The molecule has 0 spiro atoms. The van der Waals surface area contributed by atoms with Crippen molar-refractivity contribution in [3.8, 4) is 11.4 Å². The summed E-state index contributed by atoms with van der Waals surface area (Å²) in [5.74, 6) is 1.11. The highest BCUT2D eigenvalue weighted by molar-refractivity contribution is 7.91. The van der Waals surface area contributed by atoms with Gasteiger partial charge in [-0.1, -0.05) is 30.3 Å². The average molecular weight is 289 g/mol. The van der Waals surface area contributed by atoms with Crippen LogP contribution in [0.1, 0.15) is 6.42 Å². The summed E-state index contributed by atoms with van der Waals surface area (Å²) in [5.41, 5.74) is 1.72. The van der Waals surface area contributed by atoms with Crippen molar-refractivity contribution >= 4 is 15.5 Å². The molecule has 0 saturated carbocycles. The Labute approximate surface area is 118 Å². The van der Waals surface area contributed by atoms with Crippen LogP contribution in [-0.2, 0) is 9.84 Å². The molecule has 2 aromatic rings. The van der Waals surface area contributed by atoms with E-state index in [-0.39, 0.29) is 17.5 Å². The third-order valence-corrected chi connectivity index (χ3v) is 5.06. The molecule has 1 unspecified atom stereocenters. The minimum absolute atomic E-state index is 0.0359. The number of rotatable bonds is 3. The van der Waals surface area contributed by atoms with Gasteiger partial charge in [-0.05, 0) is 6.42 Å². The number of benzene rings is 1. The van der Waals surface area contributed by atoms with Gasteiger partial charge in [0.1, 0.15) is 0 Å². The van der Waals surface area contributed by atoms with Crippen molar-refractivity contribution in [3.05, 3.63) is 42.7 Å². The van der Waals surface area contributed by atoms with Crippen LogP contribution in [0.2, 0.25) is 0 Å². The van der Waals surface area contributed by atoms with Crippen LogP contribution in [0.15, 0.2) is 42.7 Å². The zero-order valence-electron chi connectivity index (χ0n) is 10.9. The summed E-state index contributed by atoms with van der Waals surface area (Å²) in [6.45, 7) is 0. The van der Waals surface area contributed by atoms with Crippen molar-refractivity contribution < 1.29 is 8.42 Å². The first kappa shape index (κ1) is 13.1. The molecule has 3 rings (SSSR count).